The highest BCUT2D eigenvalue weighted by molar-refractivity contribution is 7.80. The molecular weight excluding hydrogens is 214 g/mol. The van der Waals surface area contributed by atoms with Gasteiger partial charge in [0.2, 0.25) is 0 Å². The van der Waals surface area contributed by atoms with Gasteiger partial charge in [0, 0.05) is 17.6 Å². The van der Waals surface area contributed by atoms with Crippen molar-refractivity contribution in [1.29, 1.82) is 0 Å². The average molecular weight is 229 g/mol. The van der Waals surface area contributed by atoms with Crippen LogP contribution in [0.25, 0.3) is 0 Å². The standard InChI is InChI=1S/C10H15NOS2/c1-8-5-14-9(12)11(8)6-10(7-13)3-2-4-10/h5,13H,2-4,6-7H2,1H3. The minimum Gasteiger partial charge on any atom is -0.303 e. The first-order valence-corrected chi connectivity index (χ1v) is 6.44. The van der Waals surface area contributed by atoms with Crippen molar-refractivity contribution in [1.82, 2.24) is 4.57 Å². The molecule has 2 rings (SSSR count). The highest BCUT2D eigenvalue weighted by Gasteiger charge is 2.36. The zero-order chi connectivity index (χ0) is 10.2. The predicted octanol–water partition coefficient (Wildman–Crippen LogP) is 2.32. The third-order valence-corrected chi connectivity index (χ3v) is 4.77. The molecule has 1 aromatic heterocycles. The Labute approximate surface area is 93.4 Å². The number of hydrogen-bond donors (Lipinski definition) is 1. The van der Waals surface area contributed by atoms with Crippen LogP contribution in [-0.2, 0) is 6.54 Å². The molecule has 0 bridgehead atoms. The first-order valence-electron chi connectivity index (χ1n) is 4.93. The van der Waals surface area contributed by atoms with Crippen LogP contribution in [0.5, 0.6) is 0 Å². The molecule has 4 heteroatoms. The van der Waals surface area contributed by atoms with Crippen LogP contribution in [0.3, 0.4) is 0 Å². The first-order chi connectivity index (χ1) is 6.67. The Morgan fingerprint density at radius 3 is 2.71 bits per heavy atom. The van der Waals surface area contributed by atoms with Gasteiger partial charge in [-0.15, -0.1) is 0 Å². The van der Waals surface area contributed by atoms with E-state index in [-0.39, 0.29) is 4.87 Å². The van der Waals surface area contributed by atoms with E-state index in [0.717, 1.165) is 18.0 Å². The van der Waals surface area contributed by atoms with E-state index in [1.807, 2.05) is 16.9 Å². The molecule has 1 heterocycles. The summed E-state index contributed by atoms with van der Waals surface area (Å²) in [6.07, 6.45) is 3.73. The lowest BCUT2D eigenvalue weighted by atomic mass is 9.70. The molecule has 1 fully saturated rings. The van der Waals surface area contributed by atoms with Gasteiger partial charge in [0.15, 0.2) is 0 Å². The molecule has 1 aliphatic rings. The van der Waals surface area contributed by atoms with Crippen molar-refractivity contribution in [2.24, 2.45) is 5.41 Å². The molecule has 0 aliphatic heterocycles. The zero-order valence-corrected chi connectivity index (χ0v) is 10.0. The normalized spacial score (nSPS) is 19.3. The number of thiazole rings is 1. The second kappa shape index (κ2) is 3.74. The quantitative estimate of drug-likeness (QED) is 0.789. The Hall–Kier alpha value is -0.220. The van der Waals surface area contributed by atoms with Gasteiger partial charge in [0.25, 0.3) is 0 Å². The number of hydrogen-bond acceptors (Lipinski definition) is 3. The Morgan fingerprint density at radius 2 is 2.36 bits per heavy atom. The molecule has 0 saturated heterocycles. The number of aromatic nitrogens is 1. The first kappa shape index (κ1) is 10.3. The highest BCUT2D eigenvalue weighted by Crippen LogP contribution is 2.43. The summed E-state index contributed by atoms with van der Waals surface area (Å²) in [5.41, 5.74) is 1.40. The van der Waals surface area contributed by atoms with Crippen molar-refractivity contribution in [2.45, 2.75) is 32.7 Å². The molecule has 0 amide bonds. The zero-order valence-electron chi connectivity index (χ0n) is 8.32. The van der Waals surface area contributed by atoms with E-state index < -0.39 is 0 Å². The van der Waals surface area contributed by atoms with Crippen molar-refractivity contribution >= 4 is 24.0 Å². The summed E-state index contributed by atoms with van der Waals surface area (Å²) < 4.78 is 1.90. The number of aryl methyl sites for hydroxylation is 1. The molecule has 0 spiro atoms. The second-order valence-corrected chi connectivity index (χ2v) is 5.38. The van der Waals surface area contributed by atoms with Crippen LogP contribution in [-0.4, -0.2) is 10.3 Å². The summed E-state index contributed by atoms with van der Waals surface area (Å²) in [6, 6.07) is 0. The highest BCUT2D eigenvalue weighted by atomic mass is 32.1. The average Bonchev–Trinajstić information content (AvgIpc) is 2.41. The van der Waals surface area contributed by atoms with Crippen molar-refractivity contribution in [3.8, 4) is 0 Å². The van der Waals surface area contributed by atoms with Crippen LogP contribution in [0.15, 0.2) is 10.2 Å². The van der Waals surface area contributed by atoms with Crippen LogP contribution in [0.1, 0.15) is 25.0 Å². The van der Waals surface area contributed by atoms with Gasteiger partial charge in [-0.05, 0) is 30.9 Å². The fourth-order valence-electron chi connectivity index (χ4n) is 1.97. The van der Waals surface area contributed by atoms with Gasteiger partial charge < -0.3 is 4.57 Å². The van der Waals surface area contributed by atoms with Crippen LogP contribution < -0.4 is 4.87 Å². The minimum atomic E-state index is 0.176. The lowest BCUT2D eigenvalue weighted by molar-refractivity contribution is 0.137. The summed E-state index contributed by atoms with van der Waals surface area (Å²) in [5.74, 6) is 0.898. The molecule has 1 aromatic rings. The fourth-order valence-corrected chi connectivity index (χ4v) is 3.13. The molecule has 1 saturated carbocycles. The van der Waals surface area contributed by atoms with E-state index in [1.165, 1.54) is 30.6 Å². The molecule has 2 nitrogen and oxygen atoms in total. The van der Waals surface area contributed by atoms with Crippen molar-refractivity contribution in [3.63, 3.8) is 0 Å². The summed E-state index contributed by atoms with van der Waals surface area (Å²) in [4.78, 5) is 11.7. The molecule has 0 N–H and O–H groups in total. The molecular formula is C10H15NOS2. The summed E-state index contributed by atoms with van der Waals surface area (Å²) in [7, 11) is 0. The SMILES string of the molecule is Cc1csc(=O)n1CC1(CS)CCC1. The minimum absolute atomic E-state index is 0.176. The largest absolute Gasteiger partial charge is 0.307 e. The number of thiol groups is 1. The maximum atomic E-state index is 11.5. The maximum Gasteiger partial charge on any atom is 0.307 e. The van der Waals surface area contributed by atoms with Gasteiger partial charge >= 0.3 is 4.87 Å². The van der Waals surface area contributed by atoms with Crippen LogP contribution in [0.4, 0.5) is 0 Å². The van der Waals surface area contributed by atoms with Crippen LogP contribution in [0.2, 0.25) is 0 Å². The van der Waals surface area contributed by atoms with Gasteiger partial charge in [-0.2, -0.15) is 12.6 Å². The second-order valence-electron chi connectivity index (χ2n) is 4.24. The summed E-state index contributed by atoms with van der Waals surface area (Å²) in [5, 5.41) is 1.94. The molecule has 1 aliphatic carbocycles. The third kappa shape index (κ3) is 1.65. The number of nitrogens with zero attached hydrogens (tertiary/aromatic N) is 1. The van der Waals surface area contributed by atoms with Gasteiger partial charge in [-0.1, -0.05) is 17.8 Å². The van der Waals surface area contributed by atoms with Gasteiger partial charge in [-0.3, -0.25) is 4.79 Å². The third-order valence-electron chi connectivity index (χ3n) is 3.22. The van der Waals surface area contributed by atoms with Crippen molar-refractivity contribution < 1.29 is 0 Å². The van der Waals surface area contributed by atoms with E-state index in [2.05, 4.69) is 12.6 Å². The molecule has 14 heavy (non-hydrogen) atoms. The van der Waals surface area contributed by atoms with Gasteiger partial charge in [-0.25, -0.2) is 0 Å². The predicted molar refractivity (Wildman–Crippen MR) is 63.5 cm³/mol. The fraction of sp³-hybridized carbons (Fsp3) is 0.700. The summed E-state index contributed by atoms with van der Waals surface area (Å²) in [6.45, 7) is 2.87. The van der Waals surface area contributed by atoms with E-state index in [0.29, 0.717) is 5.41 Å². The van der Waals surface area contributed by atoms with Gasteiger partial charge in [0.05, 0.1) is 0 Å². The summed E-state index contributed by atoms with van der Waals surface area (Å²) >= 11 is 5.70. The number of rotatable bonds is 3. The smallest absolute Gasteiger partial charge is 0.303 e. The van der Waals surface area contributed by atoms with E-state index in [9.17, 15) is 4.79 Å². The molecule has 0 atom stereocenters. The van der Waals surface area contributed by atoms with Crippen molar-refractivity contribution in [2.75, 3.05) is 5.75 Å². The van der Waals surface area contributed by atoms with Crippen LogP contribution in [0, 0.1) is 12.3 Å². The molecule has 0 aromatic carbocycles. The van der Waals surface area contributed by atoms with Gasteiger partial charge in [0.1, 0.15) is 0 Å². The Bertz CT molecular complexity index is 370. The Balaban J connectivity index is 2.21. The molecule has 0 unspecified atom stereocenters. The van der Waals surface area contributed by atoms with Crippen molar-refractivity contribution in [3.05, 3.63) is 20.7 Å². The van der Waals surface area contributed by atoms with E-state index >= 15 is 0 Å². The monoisotopic (exact) mass is 229 g/mol. The van der Waals surface area contributed by atoms with E-state index in [1.54, 1.807) is 0 Å². The molecule has 0 radical (unpaired) electrons. The molecule has 78 valence electrons. The Kier molecular flexibility index (Phi) is 2.75. The maximum absolute atomic E-state index is 11.5. The topological polar surface area (TPSA) is 22.0 Å². The lowest BCUT2D eigenvalue weighted by Crippen LogP contribution is -2.38. The Morgan fingerprint density at radius 1 is 1.64 bits per heavy atom. The lowest BCUT2D eigenvalue weighted by Gasteiger charge is -2.41. The van der Waals surface area contributed by atoms with Crippen LogP contribution >= 0.6 is 24.0 Å². The van der Waals surface area contributed by atoms with E-state index in [4.69, 9.17) is 0 Å².